The number of aromatic amines is 1. The highest BCUT2D eigenvalue weighted by Gasteiger charge is 2.18. The number of hydrogen-bond donors (Lipinski definition) is 4. The van der Waals surface area contributed by atoms with E-state index < -0.39 is 11.5 Å². The van der Waals surface area contributed by atoms with Crippen LogP contribution in [-0.2, 0) is 0 Å². The predicted molar refractivity (Wildman–Crippen MR) is 71.9 cm³/mol. The highest BCUT2D eigenvalue weighted by molar-refractivity contribution is 6.14. The molecular weight excluding hydrogens is 246 g/mol. The molecule has 7 nitrogen and oxygen atoms in total. The van der Waals surface area contributed by atoms with Crippen LogP contribution in [0.1, 0.15) is 10.4 Å². The maximum Gasteiger partial charge on any atom is 0.283 e. The predicted octanol–water partition coefficient (Wildman–Crippen LogP) is -0.200. The molecule has 1 aromatic carbocycles. The maximum atomic E-state index is 12.0. The SMILES string of the molecule is NNC(=O)c1c(=O)n(N)cc2c1[nH]c1ccccc12. The maximum absolute atomic E-state index is 12.0. The Labute approximate surface area is 106 Å². The second-order valence-corrected chi connectivity index (χ2v) is 4.15. The summed E-state index contributed by atoms with van der Waals surface area (Å²) in [7, 11) is 0. The minimum Gasteiger partial charge on any atom is -0.354 e. The van der Waals surface area contributed by atoms with Gasteiger partial charge in [0.15, 0.2) is 0 Å². The van der Waals surface area contributed by atoms with Gasteiger partial charge in [-0.1, -0.05) is 18.2 Å². The van der Waals surface area contributed by atoms with E-state index in [-0.39, 0.29) is 5.56 Å². The van der Waals surface area contributed by atoms with Crippen molar-refractivity contribution in [3.63, 3.8) is 0 Å². The third kappa shape index (κ3) is 1.49. The molecule has 0 saturated carbocycles. The van der Waals surface area contributed by atoms with Crippen molar-refractivity contribution < 1.29 is 4.79 Å². The van der Waals surface area contributed by atoms with Gasteiger partial charge < -0.3 is 10.8 Å². The Morgan fingerprint density at radius 3 is 2.74 bits per heavy atom. The Morgan fingerprint density at radius 1 is 1.26 bits per heavy atom. The lowest BCUT2D eigenvalue weighted by atomic mass is 10.1. The normalized spacial score (nSPS) is 11.0. The average molecular weight is 257 g/mol. The van der Waals surface area contributed by atoms with Crippen molar-refractivity contribution in [1.29, 1.82) is 0 Å². The molecule has 0 atom stereocenters. The summed E-state index contributed by atoms with van der Waals surface area (Å²) in [6.07, 6.45) is 1.49. The molecule has 3 rings (SSSR count). The van der Waals surface area contributed by atoms with Crippen LogP contribution < -0.4 is 22.7 Å². The van der Waals surface area contributed by atoms with Gasteiger partial charge in [-0.25, -0.2) is 10.5 Å². The summed E-state index contributed by atoms with van der Waals surface area (Å²) in [5, 5.41) is 1.57. The molecule has 0 aliphatic heterocycles. The van der Waals surface area contributed by atoms with Crippen LogP contribution in [0.2, 0.25) is 0 Å². The van der Waals surface area contributed by atoms with Crippen molar-refractivity contribution in [2.45, 2.75) is 0 Å². The molecule has 7 heteroatoms. The number of nitrogen functional groups attached to an aromatic ring is 2. The van der Waals surface area contributed by atoms with E-state index >= 15 is 0 Å². The third-order valence-electron chi connectivity index (χ3n) is 3.07. The summed E-state index contributed by atoms with van der Waals surface area (Å²) < 4.78 is 0.882. The van der Waals surface area contributed by atoms with E-state index in [1.165, 1.54) is 6.20 Å². The number of amides is 1. The first-order chi connectivity index (χ1) is 9.13. The molecular formula is C12H11N5O2. The molecule has 0 aliphatic rings. The van der Waals surface area contributed by atoms with Crippen LogP contribution in [0.15, 0.2) is 35.3 Å². The third-order valence-corrected chi connectivity index (χ3v) is 3.07. The summed E-state index contributed by atoms with van der Waals surface area (Å²) in [5.74, 6) is 10.0. The van der Waals surface area contributed by atoms with Crippen molar-refractivity contribution in [2.75, 3.05) is 5.84 Å². The minimum absolute atomic E-state index is 0.0984. The fourth-order valence-corrected chi connectivity index (χ4v) is 2.21. The van der Waals surface area contributed by atoms with Crippen molar-refractivity contribution >= 4 is 27.7 Å². The molecule has 0 radical (unpaired) electrons. The summed E-state index contributed by atoms with van der Waals surface area (Å²) in [6, 6.07) is 7.45. The Morgan fingerprint density at radius 2 is 2.00 bits per heavy atom. The highest BCUT2D eigenvalue weighted by atomic mass is 16.2. The number of hydrogen-bond acceptors (Lipinski definition) is 4. The van der Waals surface area contributed by atoms with Gasteiger partial charge in [-0.05, 0) is 6.07 Å². The zero-order valence-corrected chi connectivity index (χ0v) is 9.81. The largest absolute Gasteiger partial charge is 0.354 e. The van der Waals surface area contributed by atoms with Gasteiger partial charge in [-0.2, -0.15) is 0 Å². The van der Waals surface area contributed by atoms with Gasteiger partial charge in [0.1, 0.15) is 5.56 Å². The minimum atomic E-state index is -0.679. The summed E-state index contributed by atoms with van der Waals surface area (Å²) >= 11 is 0. The lowest BCUT2D eigenvalue weighted by Gasteiger charge is -2.04. The number of H-pyrrole nitrogens is 1. The summed E-state index contributed by atoms with van der Waals surface area (Å²) in [4.78, 5) is 26.8. The van der Waals surface area contributed by atoms with E-state index in [0.29, 0.717) is 10.9 Å². The van der Waals surface area contributed by atoms with Crippen molar-refractivity contribution in [3.05, 3.63) is 46.4 Å². The van der Waals surface area contributed by atoms with E-state index in [1.54, 1.807) is 0 Å². The first kappa shape index (κ1) is 11.3. The Hall–Kier alpha value is -2.80. The van der Waals surface area contributed by atoms with Gasteiger partial charge in [0.05, 0.1) is 5.52 Å². The molecule has 2 heterocycles. The van der Waals surface area contributed by atoms with Crippen LogP contribution in [0, 0.1) is 0 Å². The molecule has 1 amide bonds. The average Bonchev–Trinajstić information content (AvgIpc) is 2.77. The number of carbonyl (C=O) groups excluding carboxylic acids is 1. The summed E-state index contributed by atoms with van der Waals surface area (Å²) in [6.45, 7) is 0. The Kier molecular flexibility index (Phi) is 2.29. The number of fused-ring (bicyclic) bond motifs is 3. The smallest absolute Gasteiger partial charge is 0.283 e. The fourth-order valence-electron chi connectivity index (χ4n) is 2.21. The number of nitrogens with one attached hydrogen (secondary N) is 2. The number of nitrogens with zero attached hydrogens (tertiary/aromatic N) is 1. The quantitative estimate of drug-likeness (QED) is 0.274. The molecule has 19 heavy (non-hydrogen) atoms. The number of carbonyl (C=O) groups is 1. The van der Waals surface area contributed by atoms with Gasteiger partial charge in [-0.15, -0.1) is 0 Å². The monoisotopic (exact) mass is 257 g/mol. The first-order valence-electron chi connectivity index (χ1n) is 5.55. The topological polar surface area (TPSA) is 119 Å². The second-order valence-electron chi connectivity index (χ2n) is 4.15. The van der Waals surface area contributed by atoms with E-state index in [0.717, 1.165) is 15.6 Å². The number of pyridine rings is 1. The van der Waals surface area contributed by atoms with Crippen molar-refractivity contribution in [2.24, 2.45) is 5.84 Å². The van der Waals surface area contributed by atoms with Crippen LogP contribution >= 0.6 is 0 Å². The molecule has 0 aliphatic carbocycles. The molecule has 96 valence electrons. The van der Waals surface area contributed by atoms with Crippen molar-refractivity contribution in [1.82, 2.24) is 15.1 Å². The lowest BCUT2D eigenvalue weighted by molar-refractivity contribution is 0.0953. The molecule has 0 unspecified atom stereocenters. The van der Waals surface area contributed by atoms with Crippen molar-refractivity contribution in [3.8, 4) is 0 Å². The summed E-state index contributed by atoms with van der Waals surface area (Å²) in [5.41, 5.74) is 2.49. The molecule has 6 N–H and O–H groups in total. The van der Waals surface area contributed by atoms with E-state index in [9.17, 15) is 9.59 Å². The number of rotatable bonds is 1. The Balaban J connectivity index is 2.56. The molecule has 0 bridgehead atoms. The van der Waals surface area contributed by atoms with Gasteiger partial charge in [0.25, 0.3) is 11.5 Å². The number of aromatic nitrogens is 2. The molecule has 3 aromatic rings. The lowest BCUT2D eigenvalue weighted by Crippen LogP contribution is -2.38. The van der Waals surface area contributed by atoms with E-state index in [2.05, 4.69) is 4.98 Å². The Bertz CT molecular complexity index is 862. The zero-order chi connectivity index (χ0) is 13.6. The molecule has 0 spiro atoms. The van der Waals surface area contributed by atoms with Crippen LogP contribution in [0.25, 0.3) is 21.8 Å². The van der Waals surface area contributed by atoms with Crippen LogP contribution in [0.5, 0.6) is 0 Å². The van der Waals surface area contributed by atoms with E-state index in [4.69, 9.17) is 11.7 Å². The number of hydrazine groups is 1. The van der Waals surface area contributed by atoms with E-state index in [1.807, 2.05) is 29.7 Å². The fraction of sp³-hybridized carbons (Fsp3) is 0. The standard InChI is InChI=1S/C12H11N5O2/c13-16-11(18)9-10-7(5-17(14)12(9)19)6-3-1-2-4-8(6)15-10/h1-5,15H,13-14H2,(H,16,18). The van der Waals surface area contributed by atoms with Gasteiger partial charge in [0.2, 0.25) is 0 Å². The number of para-hydroxylation sites is 1. The number of benzene rings is 1. The second kappa shape index (κ2) is 3.85. The first-order valence-corrected chi connectivity index (χ1v) is 5.55. The molecule has 0 fully saturated rings. The highest BCUT2D eigenvalue weighted by Crippen LogP contribution is 2.25. The van der Waals surface area contributed by atoms with Crippen LogP contribution in [0.4, 0.5) is 0 Å². The molecule has 2 aromatic heterocycles. The number of nitrogens with two attached hydrogens (primary N) is 2. The van der Waals surface area contributed by atoms with Crippen LogP contribution in [-0.4, -0.2) is 15.6 Å². The van der Waals surface area contributed by atoms with Crippen LogP contribution in [0.3, 0.4) is 0 Å². The zero-order valence-electron chi connectivity index (χ0n) is 9.81. The van der Waals surface area contributed by atoms with Gasteiger partial charge in [0, 0.05) is 22.5 Å². The van der Waals surface area contributed by atoms with Gasteiger partial charge >= 0.3 is 0 Å². The van der Waals surface area contributed by atoms with Gasteiger partial charge in [-0.3, -0.25) is 15.0 Å². The molecule has 0 saturated heterocycles.